The maximum atomic E-state index is 13.2. The largest absolute Gasteiger partial charge is 0.374 e. The fraction of sp³-hybridized carbons (Fsp3) is 0.227. The van der Waals surface area contributed by atoms with Crippen molar-refractivity contribution in [2.24, 2.45) is 0 Å². The lowest BCUT2D eigenvalue weighted by atomic mass is 9.99. The number of halogens is 1. The Bertz CT molecular complexity index is 1260. The van der Waals surface area contributed by atoms with E-state index in [9.17, 15) is 9.18 Å². The topological polar surface area (TPSA) is 51.0 Å². The molecule has 5 nitrogen and oxygen atoms in total. The maximum absolute atomic E-state index is 13.2. The van der Waals surface area contributed by atoms with Crippen LogP contribution in [0.4, 0.5) is 10.1 Å². The number of aryl methyl sites for hydroxylation is 1. The Labute approximate surface area is 171 Å². The Kier molecular flexibility index (Phi) is 4.39. The van der Waals surface area contributed by atoms with Crippen LogP contribution >= 0.6 is 11.5 Å². The first-order valence-electron chi connectivity index (χ1n) is 9.54. The van der Waals surface area contributed by atoms with E-state index in [0.717, 1.165) is 42.0 Å². The summed E-state index contributed by atoms with van der Waals surface area (Å²) in [6.07, 6.45) is 3.79. The minimum atomic E-state index is -0.306. The molecule has 0 amide bonds. The quantitative estimate of drug-likeness (QED) is 0.514. The van der Waals surface area contributed by atoms with Crippen molar-refractivity contribution in [3.8, 4) is 11.3 Å². The molecular formula is C22H19FN4OS. The van der Waals surface area contributed by atoms with Crippen molar-refractivity contribution in [1.29, 1.82) is 0 Å². The molecule has 2 aromatic heterocycles. The number of rotatable bonds is 3. The summed E-state index contributed by atoms with van der Waals surface area (Å²) in [6.45, 7) is 1.55. The van der Waals surface area contributed by atoms with Gasteiger partial charge in [0, 0.05) is 24.8 Å². The van der Waals surface area contributed by atoms with Gasteiger partial charge in [-0.05, 0) is 65.8 Å². The SMILES string of the molecule is CN1CCCc2cc(Cn3cnc4c(-c5ccc(F)cc5)nsc4c3=O)ccc21. The van der Waals surface area contributed by atoms with Crippen molar-refractivity contribution in [3.05, 3.63) is 76.1 Å². The molecule has 0 radical (unpaired) electrons. The van der Waals surface area contributed by atoms with Crippen molar-refractivity contribution in [3.63, 3.8) is 0 Å². The van der Waals surface area contributed by atoms with E-state index in [1.165, 1.54) is 23.4 Å². The standard InChI is InChI=1S/C22H19FN4OS/c1-26-10-2-3-16-11-14(4-9-18(16)26)12-27-13-24-20-19(25-29-21(20)22(27)28)15-5-7-17(23)8-6-15/h4-9,11,13H,2-3,10,12H2,1H3. The third-order valence-corrected chi connectivity index (χ3v) is 6.24. The third kappa shape index (κ3) is 3.21. The zero-order chi connectivity index (χ0) is 20.0. The molecule has 0 saturated carbocycles. The van der Waals surface area contributed by atoms with Gasteiger partial charge in [-0.25, -0.2) is 9.37 Å². The fourth-order valence-corrected chi connectivity index (χ4v) is 4.70. The second-order valence-corrected chi connectivity index (χ2v) is 8.15. The van der Waals surface area contributed by atoms with Gasteiger partial charge in [0.25, 0.3) is 5.56 Å². The minimum Gasteiger partial charge on any atom is -0.374 e. The van der Waals surface area contributed by atoms with Crippen LogP contribution in [0.15, 0.2) is 53.6 Å². The minimum absolute atomic E-state index is 0.101. The van der Waals surface area contributed by atoms with Crippen molar-refractivity contribution < 1.29 is 4.39 Å². The molecular weight excluding hydrogens is 387 g/mol. The third-order valence-electron chi connectivity index (χ3n) is 5.41. The lowest BCUT2D eigenvalue weighted by Gasteiger charge is -2.27. The van der Waals surface area contributed by atoms with Crippen LogP contribution < -0.4 is 10.5 Å². The van der Waals surface area contributed by atoms with Crippen LogP contribution in [0.2, 0.25) is 0 Å². The van der Waals surface area contributed by atoms with E-state index in [1.54, 1.807) is 23.0 Å². The monoisotopic (exact) mass is 406 g/mol. The molecule has 2 aromatic carbocycles. The van der Waals surface area contributed by atoms with Crippen molar-refractivity contribution in [2.45, 2.75) is 19.4 Å². The zero-order valence-electron chi connectivity index (χ0n) is 15.9. The summed E-state index contributed by atoms with van der Waals surface area (Å²) in [5.41, 5.74) is 5.52. The lowest BCUT2D eigenvalue weighted by Crippen LogP contribution is -2.25. The van der Waals surface area contributed by atoms with Gasteiger partial charge in [0.2, 0.25) is 0 Å². The zero-order valence-corrected chi connectivity index (χ0v) is 16.7. The van der Waals surface area contributed by atoms with Gasteiger partial charge >= 0.3 is 0 Å². The number of aromatic nitrogens is 3. The highest BCUT2D eigenvalue weighted by Gasteiger charge is 2.16. The van der Waals surface area contributed by atoms with E-state index in [2.05, 4.69) is 39.5 Å². The summed E-state index contributed by atoms with van der Waals surface area (Å²) in [7, 11) is 2.11. The van der Waals surface area contributed by atoms with Crippen molar-refractivity contribution >= 4 is 27.4 Å². The van der Waals surface area contributed by atoms with Gasteiger partial charge in [-0.1, -0.05) is 12.1 Å². The Balaban J connectivity index is 1.50. The van der Waals surface area contributed by atoms with Gasteiger partial charge in [-0.3, -0.25) is 9.36 Å². The van der Waals surface area contributed by atoms with Gasteiger partial charge in [-0.2, -0.15) is 4.37 Å². The molecule has 0 bridgehead atoms. The Morgan fingerprint density at radius 2 is 2.00 bits per heavy atom. The first-order chi connectivity index (χ1) is 14.1. The predicted octanol–water partition coefficient (Wildman–Crippen LogP) is 4.09. The summed E-state index contributed by atoms with van der Waals surface area (Å²) in [4.78, 5) is 19.8. The summed E-state index contributed by atoms with van der Waals surface area (Å²) < 4.78 is 19.8. The Morgan fingerprint density at radius 3 is 2.83 bits per heavy atom. The van der Waals surface area contributed by atoms with Crippen molar-refractivity contribution in [1.82, 2.24) is 13.9 Å². The highest BCUT2D eigenvalue weighted by molar-refractivity contribution is 7.13. The second-order valence-electron chi connectivity index (χ2n) is 7.38. The summed E-state index contributed by atoms with van der Waals surface area (Å²) in [5.74, 6) is -0.306. The molecule has 3 heterocycles. The number of anilines is 1. The number of nitrogens with zero attached hydrogens (tertiary/aromatic N) is 4. The molecule has 4 aromatic rings. The molecule has 0 aliphatic carbocycles. The first-order valence-corrected chi connectivity index (χ1v) is 10.3. The van der Waals surface area contributed by atoms with Crippen LogP contribution in [0.3, 0.4) is 0 Å². The second kappa shape index (κ2) is 7.08. The highest BCUT2D eigenvalue weighted by Crippen LogP contribution is 2.28. The maximum Gasteiger partial charge on any atom is 0.273 e. The molecule has 146 valence electrons. The summed E-state index contributed by atoms with van der Waals surface area (Å²) in [6, 6.07) is 12.5. The molecule has 29 heavy (non-hydrogen) atoms. The van der Waals surface area contributed by atoms with Crippen LogP contribution in [0.25, 0.3) is 21.5 Å². The average molecular weight is 406 g/mol. The number of benzene rings is 2. The lowest BCUT2D eigenvalue weighted by molar-refractivity contribution is 0.628. The molecule has 0 spiro atoms. The average Bonchev–Trinajstić information content (AvgIpc) is 3.16. The molecule has 0 N–H and O–H groups in total. The normalized spacial score (nSPS) is 13.7. The fourth-order valence-electron chi connectivity index (χ4n) is 3.90. The molecule has 0 fully saturated rings. The molecule has 7 heteroatoms. The molecule has 0 atom stereocenters. The van der Waals surface area contributed by atoms with Gasteiger partial charge in [0.05, 0.1) is 12.9 Å². The van der Waals surface area contributed by atoms with Crippen LogP contribution in [0.1, 0.15) is 17.5 Å². The highest BCUT2D eigenvalue weighted by atomic mass is 32.1. The summed E-state index contributed by atoms with van der Waals surface area (Å²) >= 11 is 1.14. The van der Waals surface area contributed by atoms with Crippen molar-refractivity contribution in [2.75, 3.05) is 18.5 Å². The smallest absolute Gasteiger partial charge is 0.273 e. The van der Waals surface area contributed by atoms with Gasteiger partial charge in [0.15, 0.2) is 0 Å². The number of fused-ring (bicyclic) bond motifs is 2. The molecule has 5 rings (SSSR count). The number of hydrogen-bond donors (Lipinski definition) is 0. The van der Waals surface area contributed by atoms with Gasteiger partial charge in [-0.15, -0.1) is 0 Å². The van der Waals surface area contributed by atoms with E-state index in [1.807, 2.05) is 0 Å². The molecule has 1 aliphatic heterocycles. The van der Waals surface area contributed by atoms with E-state index >= 15 is 0 Å². The number of hydrogen-bond acceptors (Lipinski definition) is 5. The van der Waals surface area contributed by atoms with Crippen LogP contribution in [0, 0.1) is 5.82 Å². The van der Waals surface area contributed by atoms with E-state index in [-0.39, 0.29) is 11.4 Å². The Morgan fingerprint density at radius 1 is 1.17 bits per heavy atom. The first kappa shape index (κ1) is 18.0. The summed E-state index contributed by atoms with van der Waals surface area (Å²) in [5, 5.41) is 0. The molecule has 1 aliphatic rings. The van der Waals surface area contributed by atoms with Gasteiger partial charge < -0.3 is 4.90 Å². The molecule has 0 unspecified atom stereocenters. The molecule has 0 saturated heterocycles. The van der Waals surface area contributed by atoms with Crippen LogP contribution in [0.5, 0.6) is 0 Å². The predicted molar refractivity (Wildman–Crippen MR) is 114 cm³/mol. The van der Waals surface area contributed by atoms with E-state index in [0.29, 0.717) is 22.5 Å². The van der Waals surface area contributed by atoms with Crippen LogP contribution in [-0.2, 0) is 13.0 Å². The van der Waals surface area contributed by atoms with Gasteiger partial charge in [0.1, 0.15) is 21.7 Å². The Hall–Kier alpha value is -3.06. The van der Waals surface area contributed by atoms with Crippen LogP contribution in [-0.4, -0.2) is 27.5 Å². The van der Waals surface area contributed by atoms with E-state index in [4.69, 9.17) is 0 Å². The van der Waals surface area contributed by atoms with E-state index < -0.39 is 0 Å².